The fourth-order valence-electron chi connectivity index (χ4n) is 2.27. The second kappa shape index (κ2) is 9.56. The van der Waals surface area contributed by atoms with Crippen LogP contribution in [0.15, 0.2) is 48.5 Å². The van der Waals surface area contributed by atoms with Crippen molar-refractivity contribution >= 4 is 34.8 Å². The minimum Gasteiger partial charge on any atom is -0.325 e. The lowest BCUT2D eigenvalue weighted by atomic mass is 10.2. The number of halogens is 1. The molecule has 0 saturated carbocycles. The molecule has 7 heteroatoms. The maximum Gasteiger partial charge on any atom is 0.238 e. The monoisotopic (exact) mass is 370 g/mol. The van der Waals surface area contributed by atoms with E-state index in [9.17, 15) is 9.59 Å². The molecule has 2 amide bonds. The lowest BCUT2D eigenvalue weighted by Crippen LogP contribution is -2.32. The molecule has 0 radical (unpaired) electrons. The van der Waals surface area contributed by atoms with E-state index >= 15 is 0 Å². The van der Waals surface area contributed by atoms with Crippen LogP contribution in [-0.2, 0) is 9.59 Å². The zero-order valence-corrected chi connectivity index (χ0v) is 15.1. The summed E-state index contributed by atoms with van der Waals surface area (Å²) in [4.78, 5) is 25.8. The Hall–Kier alpha value is -2.88. The number of carbonyl (C=O) groups is 2. The second-order valence-electron chi connectivity index (χ2n) is 5.72. The number of anilines is 2. The van der Waals surface area contributed by atoms with Crippen LogP contribution in [0, 0.1) is 11.3 Å². The largest absolute Gasteiger partial charge is 0.325 e. The zero-order valence-electron chi connectivity index (χ0n) is 14.3. The van der Waals surface area contributed by atoms with Gasteiger partial charge in [-0.25, -0.2) is 0 Å². The first-order valence-corrected chi connectivity index (χ1v) is 8.39. The van der Waals surface area contributed by atoms with Crippen LogP contribution >= 0.6 is 11.6 Å². The second-order valence-corrected chi connectivity index (χ2v) is 6.13. The van der Waals surface area contributed by atoms with E-state index in [0.717, 1.165) is 0 Å². The molecule has 2 rings (SSSR count). The van der Waals surface area contributed by atoms with Crippen molar-refractivity contribution in [3.63, 3.8) is 0 Å². The normalized spacial score (nSPS) is 10.2. The number of nitriles is 1. The molecule has 0 fully saturated rings. The van der Waals surface area contributed by atoms with Gasteiger partial charge in [-0.3, -0.25) is 14.5 Å². The van der Waals surface area contributed by atoms with Gasteiger partial charge in [0.15, 0.2) is 0 Å². The summed E-state index contributed by atoms with van der Waals surface area (Å²) < 4.78 is 0. The van der Waals surface area contributed by atoms with Gasteiger partial charge in [0, 0.05) is 13.0 Å². The minimum atomic E-state index is -0.217. The van der Waals surface area contributed by atoms with E-state index in [1.165, 1.54) is 0 Å². The number of hydrogen-bond donors (Lipinski definition) is 2. The molecule has 0 aromatic heterocycles. The molecule has 134 valence electrons. The highest BCUT2D eigenvalue weighted by molar-refractivity contribution is 6.33. The molecule has 0 spiro atoms. The summed E-state index contributed by atoms with van der Waals surface area (Å²) in [5, 5.41) is 14.9. The number of likely N-dealkylation sites (N-methyl/N-ethyl adjacent to an activating group) is 1. The molecule has 2 aromatic rings. The Labute approximate surface area is 157 Å². The zero-order chi connectivity index (χ0) is 18.9. The molecular formula is C19H19ClN4O2. The number of nitrogens with zero attached hydrogens (tertiary/aromatic N) is 2. The third-order valence-corrected chi connectivity index (χ3v) is 3.93. The van der Waals surface area contributed by atoms with Crippen LogP contribution in [0.1, 0.15) is 12.0 Å². The minimum absolute atomic E-state index is 0.132. The highest BCUT2D eigenvalue weighted by Gasteiger charge is 2.11. The number of para-hydroxylation sites is 2. The van der Waals surface area contributed by atoms with Gasteiger partial charge in [0.1, 0.15) is 6.07 Å². The van der Waals surface area contributed by atoms with E-state index in [0.29, 0.717) is 28.5 Å². The third-order valence-electron chi connectivity index (χ3n) is 3.60. The van der Waals surface area contributed by atoms with Crippen molar-refractivity contribution in [3.8, 4) is 6.07 Å². The van der Waals surface area contributed by atoms with E-state index in [1.54, 1.807) is 60.5 Å². The Morgan fingerprint density at radius 3 is 2.35 bits per heavy atom. The average molecular weight is 371 g/mol. The van der Waals surface area contributed by atoms with Crippen LogP contribution in [0.25, 0.3) is 0 Å². The Morgan fingerprint density at radius 2 is 1.65 bits per heavy atom. The van der Waals surface area contributed by atoms with Crippen molar-refractivity contribution in [2.45, 2.75) is 6.42 Å². The Balaban J connectivity index is 1.78. The van der Waals surface area contributed by atoms with E-state index < -0.39 is 0 Å². The van der Waals surface area contributed by atoms with Crippen LogP contribution in [0.2, 0.25) is 5.02 Å². The van der Waals surface area contributed by atoms with Gasteiger partial charge in [-0.2, -0.15) is 5.26 Å². The van der Waals surface area contributed by atoms with Gasteiger partial charge in [0.25, 0.3) is 0 Å². The maximum absolute atomic E-state index is 12.0. The van der Waals surface area contributed by atoms with Gasteiger partial charge < -0.3 is 10.6 Å². The summed E-state index contributed by atoms with van der Waals surface area (Å²) in [5.41, 5.74) is 1.45. The van der Waals surface area contributed by atoms with E-state index in [1.807, 2.05) is 6.07 Å². The van der Waals surface area contributed by atoms with E-state index in [-0.39, 0.29) is 24.8 Å². The van der Waals surface area contributed by atoms with Gasteiger partial charge >= 0.3 is 0 Å². The van der Waals surface area contributed by atoms with Crippen molar-refractivity contribution < 1.29 is 9.59 Å². The van der Waals surface area contributed by atoms with Gasteiger partial charge in [0.2, 0.25) is 11.8 Å². The molecule has 0 aliphatic carbocycles. The predicted octanol–water partition coefficient (Wildman–Crippen LogP) is 3.11. The molecule has 2 N–H and O–H groups in total. The molecule has 6 nitrogen and oxygen atoms in total. The van der Waals surface area contributed by atoms with Gasteiger partial charge in [-0.1, -0.05) is 35.9 Å². The average Bonchev–Trinajstić information content (AvgIpc) is 2.62. The quantitative estimate of drug-likeness (QED) is 0.784. The molecule has 0 unspecified atom stereocenters. The van der Waals surface area contributed by atoms with Gasteiger partial charge in [-0.15, -0.1) is 0 Å². The van der Waals surface area contributed by atoms with Crippen molar-refractivity contribution in [1.82, 2.24) is 4.90 Å². The molecule has 2 aromatic carbocycles. The molecule has 0 aliphatic rings. The smallest absolute Gasteiger partial charge is 0.238 e. The van der Waals surface area contributed by atoms with Crippen LogP contribution < -0.4 is 10.6 Å². The van der Waals surface area contributed by atoms with Gasteiger partial charge in [-0.05, 0) is 31.3 Å². The fourth-order valence-corrected chi connectivity index (χ4v) is 2.45. The number of hydrogen-bond acceptors (Lipinski definition) is 4. The lowest BCUT2D eigenvalue weighted by molar-refractivity contribution is -0.119. The number of nitrogens with one attached hydrogen (secondary N) is 2. The number of carbonyl (C=O) groups excluding carboxylic acids is 2. The molecule has 0 atom stereocenters. The molecular weight excluding hydrogens is 352 g/mol. The predicted molar refractivity (Wildman–Crippen MR) is 102 cm³/mol. The van der Waals surface area contributed by atoms with Crippen molar-refractivity contribution in [3.05, 3.63) is 59.1 Å². The topological polar surface area (TPSA) is 85.2 Å². The molecule has 0 heterocycles. The Morgan fingerprint density at radius 1 is 1.04 bits per heavy atom. The standard InChI is InChI=1S/C19H19ClN4O2/c1-24(13-19(26)23-17-9-5-3-7-15(17)20)11-10-18(25)22-16-8-4-2-6-14(16)12-21/h2-9H,10-11,13H2,1H3,(H,22,25)(H,23,26). The van der Waals surface area contributed by atoms with Crippen LogP contribution in [-0.4, -0.2) is 36.9 Å². The first-order chi connectivity index (χ1) is 12.5. The lowest BCUT2D eigenvalue weighted by Gasteiger charge is -2.16. The summed E-state index contributed by atoms with van der Waals surface area (Å²) in [6.45, 7) is 0.532. The summed E-state index contributed by atoms with van der Waals surface area (Å²) in [6, 6.07) is 15.8. The Kier molecular flexibility index (Phi) is 7.15. The van der Waals surface area contributed by atoms with Crippen molar-refractivity contribution in [2.24, 2.45) is 0 Å². The summed E-state index contributed by atoms with van der Waals surface area (Å²) >= 11 is 6.01. The van der Waals surface area contributed by atoms with Crippen molar-refractivity contribution in [1.29, 1.82) is 5.26 Å². The van der Waals surface area contributed by atoms with Gasteiger partial charge in [0.05, 0.1) is 28.5 Å². The SMILES string of the molecule is CN(CCC(=O)Nc1ccccc1C#N)CC(=O)Nc1ccccc1Cl. The van der Waals surface area contributed by atoms with Crippen LogP contribution in [0.3, 0.4) is 0 Å². The van der Waals surface area contributed by atoms with Crippen molar-refractivity contribution in [2.75, 3.05) is 30.8 Å². The number of amides is 2. The van der Waals surface area contributed by atoms with Crippen LogP contribution in [0.4, 0.5) is 11.4 Å². The first-order valence-electron chi connectivity index (χ1n) is 8.01. The molecule has 26 heavy (non-hydrogen) atoms. The first kappa shape index (κ1) is 19.4. The summed E-state index contributed by atoms with van der Waals surface area (Å²) in [6.07, 6.45) is 0.204. The van der Waals surface area contributed by atoms with E-state index in [2.05, 4.69) is 10.6 Å². The molecule has 0 aliphatic heterocycles. The highest BCUT2D eigenvalue weighted by Crippen LogP contribution is 2.20. The molecule has 0 saturated heterocycles. The van der Waals surface area contributed by atoms with Crippen LogP contribution in [0.5, 0.6) is 0 Å². The highest BCUT2D eigenvalue weighted by atomic mass is 35.5. The maximum atomic E-state index is 12.0. The Bertz CT molecular complexity index is 832. The molecule has 0 bridgehead atoms. The summed E-state index contributed by atoms with van der Waals surface area (Å²) in [5.74, 6) is -0.429. The summed E-state index contributed by atoms with van der Waals surface area (Å²) in [7, 11) is 1.75. The number of rotatable bonds is 7. The van der Waals surface area contributed by atoms with E-state index in [4.69, 9.17) is 16.9 Å². The number of benzene rings is 2. The third kappa shape index (κ3) is 5.88. The fraction of sp³-hybridized carbons (Fsp3) is 0.211.